The van der Waals surface area contributed by atoms with Gasteiger partial charge in [-0.25, -0.2) is 0 Å². The lowest BCUT2D eigenvalue weighted by Crippen LogP contribution is -2.25. The Bertz CT molecular complexity index is 363. The molecule has 94 valence electrons. The van der Waals surface area contributed by atoms with Gasteiger partial charge >= 0.3 is 0 Å². The van der Waals surface area contributed by atoms with Crippen LogP contribution in [0.1, 0.15) is 23.7 Å². The smallest absolute Gasteiger partial charge is 0.251 e. The second-order valence-corrected chi connectivity index (χ2v) is 4.50. The Hall–Kier alpha value is -1.07. The van der Waals surface area contributed by atoms with Gasteiger partial charge in [0.15, 0.2) is 0 Å². The number of nitrogens with two attached hydrogens (primary N) is 1. The van der Waals surface area contributed by atoms with Crippen molar-refractivity contribution in [3.63, 3.8) is 0 Å². The minimum absolute atomic E-state index is 0.116. The number of amides is 1. The standard InChI is InChI=1S/C12H17BrN2O2/c1-2-17-5-3-4-15-12(16)9-6-10(13)8-11(14)7-9/h6-8H,2-5,14H2,1H3,(H,15,16). The zero-order valence-corrected chi connectivity index (χ0v) is 11.4. The molecule has 0 radical (unpaired) electrons. The van der Waals surface area contributed by atoms with Gasteiger partial charge in [0.1, 0.15) is 0 Å². The summed E-state index contributed by atoms with van der Waals surface area (Å²) >= 11 is 3.30. The van der Waals surface area contributed by atoms with E-state index in [-0.39, 0.29) is 5.91 Å². The van der Waals surface area contributed by atoms with E-state index in [9.17, 15) is 4.79 Å². The van der Waals surface area contributed by atoms with Crippen molar-refractivity contribution in [3.8, 4) is 0 Å². The molecule has 0 heterocycles. The van der Waals surface area contributed by atoms with Crippen LogP contribution in [0.2, 0.25) is 0 Å². The number of nitrogen functional groups attached to an aromatic ring is 1. The van der Waals surface area contributed by atoms with Crippen molar-refractivity contribution < 1.29 is 9.53 Å². The van der Waals surface area contributed by atoms with Gasteiger partial charge in [0.25, 0.3) is 5.91 Å². The van der Waals surface area contributed by atoms with E-state index in [1.807, 2.05) is 6.92 Å². The van der Waals surface area contributed by atoms with Crippen molar-refractivity contribution in [2.75, 3.05) is 25.5 Å². The average molecular weight is 301 g/mol. The first kappa shape index (κ1) is 14.0. The number of carbonyl (C=O) groups excluding carboxylic acids is 1. The van der Waals surface area contributed by atoms with Crippen LogP contribution in [0.15, 0.2) is 22.7 Å². The number of anilines is 1. The third kappa shape index (κ3) is 5.19. The van der Waals surface area contributed by atoms with E-state index in [1.165, 1.54) is 0 Å². The highest BCUT2D eigenvalue weighted by Gasteiger charge is 2.06. The molecule has 0 atom stereocenters. The van der Waals surface area contributed by atoms with Crippen molar-refractivity contribution in [1.29, 1.82) is 0 Å². The number of hydrogen-bond acceptors (Lipinski definition) is 3. The second kappa shape index (κ2) is 7.29. The molecule has 0 saturated carbocycles. The van der Waals surface area contributed by atoms with Crippen molar-refractivity contribution in [2.45, 2.75) is 13.3 Å². The van der Waals surface area contributed by atoms with Gasteiger partial charge in [0, 0.05) is 35.5 Å². The molecule has 0 aliphatic carbocycles. The predicted molar refractivity (Wildman–Crippen MR) is 72.0 cm³/mol. The first-order chi connectivity index (χ1) is 8.13. The molecule has 17 heavy (non-hydrogen) atoms. The second-order valence-electron chi connectivity index (χ2n) is 3.58. The van der Waals surface area contributed by atoms with Crippen molar-refractivity contribution in [3.05, 3.63) is 28.2 Å². The van der Waals surface area contributed by atoms with Crippen LogP contribution in [0.4, 0.5) is 5.69 Å². The summed E-state index contributed by atoms with van der Waals surface area (Å²) in [7, 11) is 0. The maximum atomic E-state index is 11.8. The van der Waals surface area contributed by atoms with E-state index in [1.54, 1.807) is 18.2 Å². The lowest BCUT2D eigenvalue weighted by Gasteiger charge is -2.06. The van der Waals surface area contributed by atoms with Gasteiger partial charge in [0.2, 0.25) is 0 Å². The lowest BCUT2D eigenvalue weighted by atomic mass is 10.2. The molecule has 0 bridgehead atoms. The van der Waals surface area contributed by atoms with Crippen LogP contribution in [0.5, 0.6) is 0 Å². The molecule has 1 rings (SSSR count). The van der Waals surface area contributed by atoms with E-state index in [2.05, 4.69) is 21.2 Å². The summed E-state index contributed by atoms with van der Waals surface area (Å²) in [5.41, 5.74) is 6.79. The van der Waals surface area contributed by atoms with E-state index < -0.39 is 0 Å². The van der Waals surface area contributed by atoms with Crippen LogP contribution < -0.4 is 11.1 Å². The molecule has 0 saturated heterocycles. The third-order valence-electron chi connectivity index (χ3n) is 2.14. The Morgan fingerprint density at radius 3 is 2.88 bits per heavy atom. The maximum Gasteiger partial charge on any atom is 0.251 e. The van der Waals surface area contributed by atoms with Crippen LogP contribution in [0.3, 0.4) is 0 Å². The number of ether oxygens (including phenoxy) is 1. The highest BCUT2D eigenvalue weighted by Crippen LogP contribution is 2.17. The van der Waals surface area contributed by atoms with Crippen LogP contribution >= 0.6 is 15.9 Å². The molecular weight excluding hydrogens is 284 g/mol. The third-order valence-corrected chi connectivity index (χ3v) is 2.60. The Morgan fingerprint density at radius 1 is 1.47 bits per heavy atom. The van der Waals surface area contributed by atoms with Crippen molar-refractivity contribution in [1.82, 2.24) is 5.32 Å². The molecule has 3 N–H and O–H groups in total. The fourth-order valence-electron chi connectivity index (χ4n) is 1.37. The van der Waals surface area contributed by atoms with E-state index in [4.69, 9.17) is 10.5 Å². The normalized spacial score (nSPS) is 10.2. The average Bonchev–Trinajstić information content (AvgIpc) is 2.27. The van der Waals surface area contributed by atoms with Crippen molar-refractivity contribution >= 4 is 27.5 Å². The van der Waals surface area contributed by atoms with E-state index in [0.717, 1.165) is 10.9 Å². The summed E-state index contributed by atoms with van der Waals surface area (Å²) in [6.45, 7) is 3.92. The molecule has 1 amide bonds. The molecule has 0 aliphatic rings. The van der Waals surface area contributed by atoms with Gasteiger partial charge in [-0.15, -0.1) is 0 Å². The summed E-state index contributed by atoms with van der Waals surface area (Å²) in [4.78, 5) is 11.8. The predicted octanol–water partition coefficient (Wildman–Crippen LogP) is 2.19. The first-order valence-electron chi connectivity index (χ1n) is 5.55. The van der Waals surface area contributed by atoms with Crippen LogP contribution in [-0.2, 0) is 4.74 Å². The zero-order chi connectivity index (χ0) is 12.7. The van der Waals surface area contributed by atoms with Gasteiger partial charge in [-0.05, 0) is 31.5 Å². The highest BCUT2D eigenvalue weighted by atomic mass is 79.9. The largest absolute Gasteiger partial charge is 0.399 e. The quantitative estimate of drug-likeness (QED) is 0.625. The molecule has 0 aliphatic heterocycles. The van der Waals surface area contributed by atoms with Crippen LogP contribution in [0, 0.1) is 0 Å². The molecular formula is C12H17BrN2O2. The van der Waals surface area contributed by atoms with E-state index >= 15 is 0 Å². The van der Waals surface area contributed by atoms with E-state index in [0.29, 0.717) is 31.0 Å². The molecule has 1 aromatic rings. The topological polar surface area (TPSA) is 64.3 Å². The number of nitrogens with one attached hydrogen (secondary N) is 1. The Morgan fingerprint density at radius 2 is 2.24 bits per heavy atom. The molecule has 4 nitrogen and oxygen atoms in total. The van der Waals surface area contributed by atoms with Gasteiger partial charge in [-0.1, -0.05) is 15.9 Å². The molecule has 0 spiro atoms. The number of hydrogen-bond donors (Lipinski definition) is 2. The molecule has 0 fully saturated rings. The fraction of sp³-hybridized carbons (Fsp3) is 0.417. The molecule has 1 aromatic carbocycles. The minimum Gasteiger partial charge on any atom is -0.399 e. The summed E-state index contributed by atoms with van der Waals surface area (Å²) in [6.07, 6.45) is 0.809. The van der Waals surface area contributed by atoms with Gasteiger partial charge < -0.3 is 15.8 Å². The monoisotopic (exact) mass is 300 g/mol. The maximum absolute atomic E-state index is 11.8. The summed E-state index contributed by atoms with van der Waals surface area (Å²) in [5.74, 6) is -0.116. The Labute approximate surface area is 110 Å². The molecule has 0 unspecified atom stereocenters. The van der Waals surface area contributed by atoms with Gasteiger partial charge in [0.05, 0.1) is 0 Å². The minimum atomic E-state index is -0.116. The van der Waals surface area contributed by atoms with Crippen LogP contribution in [-0.4, -0.2) is 25.7 Å². The number of halogens is 1. The number of carbonyl (C=O) groups is 1. The van der Waals surface area contributed by atoms with Gasteiger partial charge in [-0.3, -0.25) is 4.79 Å². The summed E-state index contributed by atoms with van der Waals surface area (Å²) < 4.78 is 5.98. The first-order valence-corrected chi connectivity index (χ1v) is 6.34. The Balaban J connectivity index is 2.41. The fourth-order valence-corrected chi connectivity index (χ4v) is 1.88. The van der Waals surface area contributed by atoms with Crippen molar-refractivity contribution in [2.24, 2.45) is 0 Å². The lowest BCUT2D eigenvalue weighted by molar-refractivity contribution is 0.0944. The highest BCUT2D eigenvalue weighted by molar-refractivity contribution is 9.10. The summed E-state index contributed by atoms with van der Waals surface area (Å²) in [5, 5.41) is 2.82. The number of benzene rings is 1. The Kier molecular flexibility index (Phi) is 6.00. The zero-order valence-electron chi connectivity index (χ0n) is 9.83. The van der Waals surface area contributed by atoms with Crippen LogP contribution in [0.25, 0.3) is 0 Å². The molecule has 5 heteroatoms. The SMILES string of the molecule is CCOCCCNC(=O)c1cc(N)cc(Br)c1. The number of rotatable bonds is 6. The molecule has 0 aromatic heterocycles. The summed E-state index contributed by atoms with van der Waals surface area (Å²) in [6, 6.07) is 5.16. The van der Waals surface area contributed by atoms with Gasteiger partial charge in [-0.2, -0.15) is 0 Å².